The van der Waals surface area contributed by atoms with E-state index in [0.717, 1.165) is 43.7 Å². The number of nitrogens with zero attached hydrogens (tertiary/aromatic N) is 2. The Hall–Kier alpha value is -3.36. The Balaban J connectivity index is 1.56. The van der Waals surface area contributed by atoms with Crippen LogP contribution < -0.4 is 10.6 Å². The summed E-state index contributed by atoms with van der Waals surface area (Å²) in [5.74, 6) is 5.40. The summed E-state index contributed by atoms with van der Waals surface area (Å²) in [5.41, 5.74) is 1.73. The first-order chi connectivity index (χ1) is 18.3. The Morgan fingerprint density at radius 2 is 1.79 bits per heavy atom. The summed E-state index contributed by atoms with van der Waals surface area (Å²) in [4.78, 5) is 2.21. The lowest BCUT2D eigenvalue weighted by Crippen LogP contribution is -2.36. The number of hydrogen-bond donors (Lipinski definition) is 3. The second-order valence-electron chi connectivity index (χ2n) is 10.2. The van der Waals surface area contributed by atoms with E-state index >= 15 is 0 Å². The van der Waals surface area contributed by atoms with E-state index in [1.165, 1.54) is 16.7 Å². The van der Waals surface area contributed by atoms with Gasteiger partial charge in [-0.2, -0.15) is 13.2 Å². The number of benzene rings is 2. The zero-order valence-electron chi connectivity index (χ0n) is 22.1. The molecular weight excluding hydrogens is 529 g/mol. The average Bonchev–Trinajstić information content (AvgIpc) is 3.19. The molecule has 1 fully saturated rings. The number of rotatable bonds is 7. The van der Waals surface area contributed by atoms with Gasteiger partial charge in [-0.05, 0) is 76.0 Å². The molecule has 1 heterocycles. The number of nitrogens with one attached hydrogen (secondary N) is 2. The van der Waals surface area contributed by atoms with Crippen molar-refractivity contribution in [1.29, 1.82) is 0 Å². The van der Waals surface area contributed by atoms with Crippen molar-refractivity contribution >= 4 is 32.1 Å². The van der Waals surface area contributed by atoms with Crippen LogP contribution in [0.5, 0.6) is 5.75 Å². The molecule has 0 aliphatic heterocycles. The van der Waals surface area contributed by atoms with Gasteiger partial charge in [0, 0.05) is 35.5 Å². The van der Waals surface area contributed by atoms with E-state index < -0.39 is 22.6 Å². The molecule has 7 nitrogen and oxygen atoms in total. The van der Waals surface area contributed by atoms with Crippen LogP contribution in [0.25, 0.3) is 10.9 Å². The standard InChI is InChI=1S/C28H33F3N4O3S/c1-34(2)20-11-9-19(10-12-20)33-24-7-4-8-26-23(24)16-21(35(26)18-28(29,30)31)6-5-15-32-25-14-13-22(17-27(25)36)39(3,37)38/h4,7-8,13-14,16-17,19-20,32-33,36H,9-12,15,18H2,1-3H3/t19-,20-. The van der Waals surface area contributed by atoms with Crippen molar-refractivity contribution in [3.05, 3.63) is 48.2 Å². The van der Waals surface area contributed by atoms with Crippen LogP contribution in [0, 0.1) is 11.8 Å². The highest BCUT2D eigenvalue weighted by atomic mass is 32.2. The number of sulfone groups is 1. The normalized spacial score (nSPS) is 18.1. The molecule has 0 spiro atoms. The quantitative estimate of drug-likeness (QED) is 0.276. The monoisotopic (exact) mass is 562 g/mol. The number of halogens is 3. The van der Waals surface area contributed by atoms with Crippen LogP contribution in [-0.2, 0) is 16.4 Å². The third kappa shape index (κ3) is 7.19. The van der Waals surface area contributed by atoms with Gasteiger partial charge >= 0.3 is 6.18 Å². The van der Waals surface area contributed by atoms with Crippen molar-refractivity contribution < 1.29 is 26.7 Å². The highest BCUT2D eigenvalue weighted by Crippen LogP contribution is 2.32. The number of phenols is 1. The number of alkyl halides is 3. The van der Waals surface area contributed by atoms with Crippen LogP contribution >= 0.6 is 0 Å². The van der Waals surface area contributed by atoms with Crippen LogP contribution in [0.1, 0.15) is 31.4 Å². The lowest BCUT2D eigenvalue weighted by atomic mass is 9.90. The van der Waals surface area contributed by atoms with E-state index in [-0.39, 0.29) is 34.6 Å². The molecule has 0 unspecified atom stereocenters. The molecule has 1 aliphatic rings. The van der Waals surface area contributed by atoms with Crippen LogP contribution in [0.2, 0.25) is 0 Å². The minimum Gasteiger partial charge on any atom is -0.506 e. The minimum absolute atomic E-state index is 0.0246. The Bertz CT molecular complexity index is 1500. The fourth-order valence-electron chi connectivity index (χ4n) is 4.99. The fourth-order valence-corrected chi connectivity index (χ4v) is 5.63. The second kappa shape index (κ2) is 11.4. The van der Waals surface area contributed by atoms with Gasteiger partial charge in [-0.15, -0.1) is 0 Å². The van der Waals surface area contributed by atoms with E-state index in [1.54, 1.807) is 18.2 Å². The minimum atomic E-state index is -4.43. The van der Waals surface area contributed by atoms with E-state index in [1.807, 2.05) is 6.07 Å². The van der Waals surface area contributed by atoms with Gasteiger partial charge < -0.3 is 25.2 Å². The number of hydrogen-bond acceptors (Lipinski definition) is 6. The first-order valence-corrected chi connectivity index (χ1v) is 14.6. The third-order valence-electron chi connectivity index (χ3n) is 7.05. The van der Waals surface area contributed by atoms with Gasteiger partial charge in [-0.1, -0.05) is 12.0 Å². The maximum atomic E-state index is 13.5. The number of aromatic nitrogens is 1. The Labute approximate surface area is 226 Å². The molecule has 39 heavy (non-hydrogen) atoms. The van der Waals surface area contributed by atoms with Gasteiger partial charge in [0.05, 0.1) is 28.3 Å². The van der Waals surface area contributed by atoms with Crippen molar-refractivity contribution in [2.75, 3.05) is 37.5 Å². The van der Waals surface area contributed by atoms with E-state index in [9.17, 15) is 26.7 Å². The molecule has 1 saturated carbocycles. The largest absolute Gasteiger partial charge is 0.506 e. The molecule has 1 aromatic heterocycles. The summed E-state index contributed by atoms with van der Waals surface area (Å²) < 4.78 is 65.0. The van der Waals surface area contributed by atoms with Crippen LogP contribution in [0.15, 0.2) is 47.4 Å². The zero-order valence-corrected chi connectivity index (χ0v) is 23.0. The molecule has 3 aromatic rings. The van der Waals surface area contributed by atoms with Crippen molar-refractivity contribution in [3.63, 3.8) is 0 Å². The first-order valence-electron chi connectivity index (χ1n) is 12.7. The molecule has 0 radical (unpaired) electrons. The van der Waals surface area contributed by atoms with Gasteiger partial charge in [0.1, 0.15) is 12.3 Å². The second-order valence-corrected chi connectivity index (χ2v) is 12.2. The molecule has 4 rings (SSSR count). The van der Waals surface area contributed by atoms with E-state index in [0.29, 0.717) is 16.9 Å². The van der Waals surface area contributed by atoms with Gasteiger partial charge in [-0.3, -0.25) is 0 Å². The SMILES string of the molecule is CN(C)[C@H]1CC[C@H](Nc2cccc3c2cc(C#CCNc2ccc(S(C)(=O)=O)cc2O)n3CC(F)(F)F)CC1. The predicted octanol–water partition coefficient (Wildman–Crippen LogP) is 5.06. The number of aromatic hydroxyl groups is 1. The lowest BCUT2D eigenvalue weighted by molar-refractivity contribution is -0.140. The summed E-state index contributed by atoms with van der Waals surface area (Å²) in [7, 11) is 0.690. The highest BCUT2D eigenvalue weighted by Gasteiger charge is 2.30. The highest BCUT2D eigenvalue weighted by molar-refractivity contribution is 7.90. The fraction of sp³-hybridized carbons (Fsp3) is 0.429. The predicted molar refractivity (Wildman–Crippen MR) is 148 cm³/mol. The molecule has 0 atom stereocenters. The van der Waals surface area contributed by atoms with E-state index in [2.05, 4.69) is 41.5 Å². The topological polar surface area (TPSA) is 86.6 Å². The first kappa shape index (κ1) is 28.6. The number of phenolic OH excluding ortho intramolecular Hbond substituents is 1. The number of anilines is 2. The zero-order chi connectivity index (χ0) is 28.4. The Morgan fingerprint density at radius 3 is 2.41 bits per heavy atom. The molecular formula is C28H33F3N4O3S. The van der Waals surface area contributed by atoms with E-state index in [4.69, 9.17) is 0 Å². The van der Waals surface area contributed by atoms with Crippen LogP contribution in [0.4, 0.5) is 24.5 Å². The molecule has 1 aliphatic carbocycles. The van der Waals surface area contributed by atoms with Gasteiger partial charge in [0.15, 0.2) is 9.84 Å². The Morgan fingerprint density at radius 1 is 1.08 bits per heavy atom. The summed E-state index contributed by atoms with van der Waals surface area (Å²) in [5, 5.41) is 17.2. The molecule has 3 N–H and O–H groups in total. The number of fused-ring (bicyclic) bond motifs is 1. The van der Waals surface area contributed by atoms with Crippen molar-refractivity contribution in [3.8, 4) is 17.6 Å². The third-order valence-corrected chi connectivity index (χ3v) is 8.16. The smallest absolute Gasteiger partial charge is 0.406 e. The molecule has 0 amide bonds. The molecule has 0 saturated heterocycles. The molecule has 11 heteroatoms. The summed E-state index contributed by atoms with van der Waals surface area (Å²) in [6.45, 7) is -1.14. The lowest BCUT2D eigenvalue weighted by Gasteiger charge is -2.33. The summed E-state index contributed by atoms with van der Waals surface area (Å²) in [6.07, 6.45) is 0.703. The molecule has 0 bridgehead atoms. The van der Waals surface area contributed by atoms with Crippen LogP contribution in [-0.4, -0.2) is 68.1 Å². The maximum Gasteiger partial charge on any atom is 0.406 e. The Kier molecular flexibility index (Phi) is 8.37. The van der Waals surface area contributed by atoms with Gasteiger partial charge in [0.25, 0.3) is 0 Å². The van der Waals surface area contributed by atoms with Crippen LogP contribution in [0.3, 0.4) is 0 Å². The van der Waals surface area contributed by atoms with Gasteiger partial charge in [0.2, 0.25) is 0 Å². The van der Waals surface area contributed by atoms with Gasteiger partial charge in [-0.25, -0.2) is 8.42 Å². The van der Waals surface area contributed by atoms with Crippen molar-refractivity contribution in [2.24, 2.45) is 0 Å². The average molecular weight is 563 g/mol. The maximum absolute atomic E-state index is 13.5. The van der Waals surface area contributed by atoms with Crippen molar-refractivity contribution in [2.45, 2.75) is 55.4 Å². The molecule has 210 valence electrons. The summed E-state index contributed by atoms with van der Waals surface area (Å²) in [6, 6.07) is 11.7. The molecule has 2 aromatic carbocycles. The summed E-state index contributed by atoms with van der Waals surface area (Å²) >= 11 is 0. The van der Waals surface area contributed by atoms with Crippen molar-refractivity contribution in [1.82, 2.24) is 9.47 Å².